The summed E-state index contributed by atoms with van der Waals surface area (Å²) in [6.45, 7) is 1.09. The van der Waals surface area contributed by atoms with Crippen LogP contribution in [0, 0.1) is 5.92 Å². The maximum atomic E-state index is 12.7. The zero-order chi connectivity index (χ0) is 13.0. The molecule has 3 rings (SSSR count). The number of hydrogen-bond acceptors (Lipinski definition) is 2. The summed E-state index contributed by atoms with van der Waals surface area (Å²) in [7, 11) is 0. The minimum absolute atomic E-state index is 0.163. The molecular formula is C13H14F3NO. The first-order valence-corrected chi connectivity index (χ1v) is 6.02. The fourth-order valence-corrected chi connectivity index (χ4v) is 3.02. The van der Waals surface area contributed by atoms with Crippen molar-refractivity contribution in [1.82, 2.24) is 0 Å². The molecule has 1 aromatic carbocycles. The number of alkyl halides is 3. The average molecular weight is 257 g/mol. The van der Waals surface area contributed by atoms with Gasteiger partial charge in [0.1, 0.15) is 5.75 Å². The molecule has 1 aromatic rings. The van der Waals surface area contributed by atoms with Gasteiger partial charge in [0.25, 0.3) is 0 Å². The molecule has 1 saturated carbocycles. The van der Waals surface area contributed by atoms with E-state index in [-0.39, 0.29) is 5.41 Å². The molecule has 0 amide bonds. The van der Waals surface area contributed by atoms with E-state index in [1.807, 2.05) is 0 Å². The Balaban J connectivity index is 2.06. The molecule has 0 aromatic heterocycles. The molecule has 5 heteroatoms. The summed E-state index contributed by atoms with van der Waals surface area (Å²) < 4.78 is 43.7. The third kappa shape index (κ3) is 1.61. The SMILES string of the molecule is NCC1CC12CCOc1ccc(C(F)(F)F)cc12. The first-order valence-electron chi connectivity index (χ1n) is 6.02. The second-order valence-electron chi connectivity index (χ2n) is 5.10. The van der Waals surface area contributed by atoms with Gasteiger partial charge in [0.15, 0.2) is 0 Å². The number of nitrogens with two attached hydrogens (primary N) is 1. The third-order valence-electron chi connectivity index (χ3n) is 4.17. The van der Waals surface area contributed by atoms with Gasteiger partial charge < -0.3 is 10.5 Å². The Morgan fingerprint density at radius 1 is 1.39 bits per heavy atom. The summed E-state index contributed by atoms with van der Waals surface area (Å²) in [6, 6.07) is 3.76. The molecule has 0 bridgehead atoms. The van der Waals surface area contributed by atoms with E-state index >= 15 is 0 Å². The highest BCUT2D eigenvalue weighted by Gasteiger charge is 2.57. The normalized spacial score (nSPS) is 29.9. The van der Waals surface area contributed by atoms with Crippen LogP contribution in [0.3, 0.4) is 0 Å². The Morgan fingerprint density at radius 2 is 2.17 bits per heavy atom. The van der Waals surface area contributed by atoms with Crippen LogP contribution in [0.15, 0.2) is 18.2 Å². The second kappa shape index (κ2) is 3.63. The minimum Gasteiger partial charge on any atom is -0.493 e. The predicted molar refractivity (Wildman–Crippen MR) is 60.4 cm³/mol. The van der Waals surface area contributed by atoms with Crippen molar-refractivity contribution in [1.29, 1.82) is 0 Å². The van der Waals surface area contributed by atoms with Crippen molar-refractivity contribution in [3.8, 4) is 5.75 Å². The molecule has 2 aliphatic rings. The smallest absolute Gasteiger partial charge is 0.416 e. The summed E-state index contributed by atoms with van der Waals surface area (Å²) in [4.78, 5) is 0. The van der Waals surface area contributed by atoms with E-state index in [9.17, 15) is 13.2 Å². The summed E-state index contributed by atoms with van der Waals surface area (Å²) in [5.74, 6) is 0.883. The van der Waals surface area contributed by atoms with Crippen LogP contribution < -0.4 is 10.5 Å². The van der Waals surface area contributed by atoms with Crippen LogP contribution >= 0.6 is 0 Å². The second-order valence-corrected chi connectivity index (χ2v) is 5.10. The molecule has 0 saturated heterocycles. The maximum absolute atomic E-state index is 12.7. The van der Waals surface area contributed by atoms with Gasteiger partial charge in [-0.1, -0.05) is 0 Å². The maximum Gasteiger partial charge on any atom is 0.416 e. The van der Waals surface area contributed by atoms with Gasteiger partial charge in [0.05, 0.1) is 12.2 Å². The van der Waals surface area contributed by atoms with Crippen LogP contribution in [-0.2, 0) is 11.6 Å². The van der Waals surface area contributed by atoms with E-state index in [0.29, 0.717) is 30.4 Å². The fourth-order valence-electron chi connectivity index (χ4n) is 3.02. The highest BCUT2D eigenvalue weighted by molar-refractivity contribution is 5.49. The number of rotatable bonds is 1. The summed E-state index contributed by atoms with van der Waals surface area (Å²) in [5.41, 5.74) is 5.58. The van der Waals surface area contributed by atoms with Gasteiger partial charge in [0.2, 0.25) is 0 Å². The molecule has 1 aliphatic heterocycles. The van der Waals surface area contributed by atoms with Crippen LogP contribution in [0.4, 0.5) is 13.2 Å². The highest BCUT2D eigenvalue weighted by atomic mass is 19.4. The Labute approximate surface area is 103 Å². The molecule has 1 spiro atoms. The monoisotopic (exact) mass is 257 g/mol. The van der Waals surface area contributed by atoms with Gasteiger partial charge in [-0.15, -0.1) is 0 Å². The van der Waals surface area contributed by atoms with E-state index in [1.165, 1.54) is 12.1 Å². The Morgan fingerprint density at radius 3 is 2.78 bits per heavy atom. The molecular weight excluding hydrogens is 243 g/mol. The first-order chi connectivity index (χ1) is 8.47. The van der Waals surface area contributed by atoms with Crippen LogP contribution in [0.25, 0.3) is 0 Å². The molecule has 2 nitrogen and oxygen atoms in total. The van der Waals surface area contributed by atoms with E-state index in [0.717, 1.165) is 18.9 Å². The van der Waals surface area contributed by atoms with Crippen molar-refractivity contribution in [3.63, 3.8) is 0 Å². The highest BCUT2D eigenvalue weighted by Crippen LogP contribution is 2.60. The zero-order valence-electron chi connectivity index (χ0n) is 9.76. The Hall–Kier alpha value is -1.23. The molecule has 1 heterocycles. The van der Waals surface area contributed by atoms with Gasteiger partial charge in [-0.25, -0.2) is 0 Å². The number of halogens is 3. The average Bonchev–Trinajstić information content (AvgIpc) is 3.02. The number of fused-ring (bicyclic) bond motifs is 2. The summed E-state index contributed by atoms with van der Waals surface area (Å²) >= 11 is 0. The van der Waals surface area contributed by atoms with Crippen molar-refractivity contribution in [2.75, 3.05) is 13.2 Å². The molecule has 18 heavy (non-hydrogen) atoms. The minimum atomic E-state index is -4.30. The Kier molecular flexibility index (Phi) is 2.39. The lowest BCUT2D eigenvalue weighted by Gasteiger charge is -2.27. The molecule has 0 radical (unpaired) electrons. The van der Waals surface area contributed by atoms with Crippen LogP contribution in [0.2, 0.25) is 0 Å². The molecule has 1 aliphatic carbocycles. The van der Waals surface area contributed by atoms with E-state index in [1.54, 1.807) is 0 Å². The summed E-state index contributed by atoms with van der Waals surface area (Å²) in [6.07, 6.45) is -2.66. The molecule has 1 fully saturated rings. The van der Waals surface area contributed by atoms with Crippen molar-refractivity contribution in [2.24, 2.45) is 11.7 Å². The lowest BCUT2D eigenvalue weighted by Crippen LogP contribution is -2.24. The van der Waals surface area contributed by atoms with Crippen LogP contribution in [-0.4, -0.2) is 13.2 Å². The van der Waals surface area contributed by atoms with E-state index in [2.05, 4.69) is 0 Å². The lowest BCUT2D eigenvalue weighted by molar-refractivity contribution is -0.137. The fraction of sp³-hybridized carbons (Fsp3) is 0.538. The molecule has 2 atom stereocenters. The predicted octanol–water partition coefficient (Wildman–Crippen LogP) is 2.70. The lowest BCUT2D eigenvalue weighted by atomic mass is 9.86. The Bertz CT molecular complexity index is 486. The summed E-state index contributed by atoms with van der Waals surface area (Å²) in [5, 5.41) is 0. The zero-order valence-corrected chi connectivity index (χ0v) is 9.76. The van der Waals surface area contributed by atoms with Crippen molar-refractivity contribution < 1.29 is 17.9 Å². The van der Waals surface area contributed by atoms with Gasteiger partial charge in [-0.2, -0.15) is 13.2 Å². The van der Waals surface area contributed by atoms with Crippen molar-refractivity contribution in [2.45, 2.75) is 24.4 Å². The van der Waals surface area contributed by atoms with Crippen LogP contribution in [0.1, 0.15) is 24.0 Å². The number of hydrogen-bond donors (Lipinski definition) is 1. The van der Waals surface area contributed by atoms with Gasteiger partial charge in [0, 0.05) is 11.0 Å². The molecule has 2 unspecified atom stereocenters. The number of ether oxygens (including phenoxy) is 1. The van der Waals surface area contributed by atoms with E-state index in [4.69, 9.17) is 10.5 Å². The third-order valence-corrected chi connectivity index (χ3v) is 4.17. The topological polar surface area (TPSA) is 35.2 Å². The molecule has 2 N–H and O–H groups in total. The van der Waals surface area contributed by atoms with Crippen molar-refractivity contribution in [3.05, 3.63) is 29.3 Å². The first kappa shape index (κ1) is 11.8. The quantitative estimate of drug-likeness (QED) is 0.839. The van der Waals surface area contributed by atoms with Gasteiger partial charge in [-0.3, -0.25) is 0 Å². The van der Waals surface area contributed by atoms with Crippen LogP contribution in [0.5, 0.6) is 5.75 Å². The molecule has 98 valence electrons. The number of benzene rings is 1. The van der Waals surface area contributed by atoms with Gasteiger partial charge in [-0.05, 0) is 43.5 Å². The van der Waals surface area contributed by atoms with E-state index < -0.39 is 11.7 Å². The largest absolute Gasteiger partial charge is 0.493 e. The van der Waals surface area contributed by atoms with Crippen molar-refractivity contribution >= 4 is 0 Å². The van der Waals surface area contributed by atoms with Gasteiger partial charge >= 0.3 is 6.18 Å². The standard InChI is InChI=1S/C13H14F3NO/c14-13(15,16)8-1-2-11-10(5-8)12(3-4-18-11)6-9(12)7-17/h1-2,5,9H,3-4,6-7,17H2.